The highest BCUT2D eigenvalue weighted by atomic mass is 14.2. The zero-order valence-corrected chi connectivity index (χ0v) is 41.4. The summed E-state index contributed by atoms with van der Waals surface area (Å²) in [6.07, 6.45) is 19.0. The maximum Gasteiger partial charge on any atom is -0.0188 e. The van der Waals surface area contributed by atoms with Crippen LogP contribution in [0.5, 0.6) is 0 Å². The van der Waals surface area contributed by atoms with Gasteiger partial charge in [-0.15, -0.1) is 0 Å². The first-order valence-corrected chi connectivity index (χ1v) is 24.1. The molecule has 0 radical (unpaired) electrons. The van der Waals surface area contributed by atoms with E-state index in [-0.39, 0.29) is 0 Å². The summed E-state index contributed by atoms with van der Waals surface area (Å²) in [6, 6.07) is 18.6. The first-order chi connectivity index (χ1) is 26.2. The third kappa shape index (κ3) is 29.5. The quantitative estimate of drug-likeness (QED) is 0.111. The van der Waals surface area contributed by atoms with Crippen molar-refractivity contribution in [3.8, 4) is 0 Å². The maximum atomic E-state index is 2.45. The van der Waals surface area contributed by atoms with E-state index in [2.05, 4.69) is 111 Å². The van der Waals surface area contributed by atoms with Crippen LogP contribution in [0.1, 0.15) is 281 Å². The Kier molecular flexibility index (Phi) is 51.8. The lowest BCUT2D eigenvalue weighted by atomic mass is 9.84. The van der Waals surface area contributed by atoms with E-state index in [1.807, 2.05) is 83.1 Å². The van der Waals surface area contributed by atoms with Crippen LogP contribution in [-0.4, -0.2) is 0 Å². The summed E-state index contributed by atoms with van der Waals surface area (Å²) in [7, 11) is 0. The second kappa shape index (κ2) is 45.6. The third-order valence-corrected chi connectivity index (χ3v) is 10.4. The molecule has 0 saturated heterocycles. The summed E-state index contributed by atoms with van der Waals surface area (Å²) in [4.78, 5) is 0. The third-order valence-electron chi connectivity index (χ3n) is 10.4. The standard InChI is InChI=1S/C29H44.C13H24.6C2H6/c1-8-22(4)26-12-10-14-28(19-26)24(6)17-16-21(3)18-25(7)29-15-11-13-27(20-29)23(5)9-2;1-3-4-5-6-7-9-12(2)13-10-8-11-13;6*1-2/h10-15,19-25H,8-9,16-18H2,1-7H3;3-11H2,1-2H3;6*1-2H3. The molecule has 0 heteroatoms. The molecule has 54 heavy (non-hydrogen) atoms. The fourth-order valence-corrected chi connectivity index (χ4v) is 6.33. The van der Waals surface area contributed by atoms with E-state index in [0.717, 1.165) is 5.92 Å². The Morgan fingerprint density at radius 3 is 1.26 bits per heavy atom. The second-order valence-electron chi connectivity index (χ2n) is 14.1. The van der Waals surface area contributed by atoms with Crippen molar-refractivity contribution in [2.45, 2.75) is 259 Å². The molecule has 0 nitrogen and oxygen atoms in total. The summed E-state index contributed by atoms with van der Waals surface area (Å²) in [5.74, 6) is 3.36. The minimum absolute atomic E-state index is 0.637. The average Bonchev–Trinajstić information content (AvgIpc) is 3.23. The molecule has 1 aliphatic carbocycles. The van der Waals surface area contributed by atoms with Crippen LogP contribution < -0.4 is 0 Å². The van der Waals surface area contributed by atoms with Crippen molar-refractivity contribution in [3.05, 3.63) is 81.9 Å². The maximum absolute atomic E-state index is 2.45. The van der Waals surface area contributed by atoms with Gasteiger partial charge in [-0.3, -0.25) is 0 Å². The molecule has 5 unspecified atom stereocenters. The molecule has 0 amide bonds. The normalized spacial score (nSPS) is 13.5. The van der Waals surface area contributed by atoms with E-state index < -0.39 is 0 Å². The molecule has 320 valence electrons. The fourth-order valence-electron chi connectivity index (χ4n) is 6.33. The Morgan fingerprint density at radius 2 is 0.889 bits per heavy atom. The molecule has 0 bridgehead atoms. The molecule has 0 heterocycles. The predicted octanol–water partition coefficient (Wildman–Crippen LogP) is 20.4. The smallest absolute Gasteiger partial charge is 0.0188 e. The highest BCUT2D eigenvalue weighted by Gasteiger charge is 2.15. The summed E-state index contributed by atoms with van der Waals surface area (Å²) in [6.45, 7) is 45.1. The molecule has 3 rings (SSSR count). The Bertz CT molecular complexity index is 1020. The van der Waals surface area contributed by atoms with Crippen LogP contribution in [0, 0.1) is 5.92 Å². The van der Waals surface area contributed by atoms with Gasteiger partial charge in [0.1, 0.15) is 0 Å². The lowest BCUT2D eigenvalue weighted by molar-refractivity contribution is 0.425. The lowest BCUT2D eigenvalue weighted by Gasteiger charge is -2.21. The van der Waals surface area contributed by atoms with Gasteiger partial charge in [0.15, 0.2) is 0 Å². The van der Waals surface area contributed by atoms with Crippen molar-refractivity contribution in [1.29, 1.82) is 0 Å². The molecular weight excluding hydrogens is 649 g/mol. The van der Waals surface area contributed by atoms with Crippen molar-refractivity contribution in [1.82, 2.24) is 0 Å². The lowest BCUT2D eigenvalue weighted by Crippen LogP contribution is -2.05. The van der Waals surface area contributed by atoms with Crippen molar-refractivity contribution in [2.75, 3.05) is 0 Å². The van der Waals surface area contributed by atoms with Crippen LogP contribution >= 0.6 is 0 Å². The SMILES string of the molecule is CC.CC.CC.CC.CC.CC.CCC(C)c1cccc(C(C)CCC(C)CC(C)c2cccc(C(C)CC)c2)c1.CCCCCCCC(C)=C1CCC1. The van der Waals surface area contributed by atoms with E-state index in [9.17, 15) is 0 Å². The van der Waals surface area contributed by atoms with Crippen molar-refractivity contribution < 1.29 is 0 Å². The topological polar surface area (TPSA) is 0 Å². The van der Waals surface area contributed by atoms with E-state index in [1.54, 1.807) is 11.1 Å². The molecular formula is C54H104. The van der Waals surface area contributed by atoms with Gasteiger partial charge in [0.05, 0.1) is 0 Å². The second-order valence-corrected chi connectivity index (χ2v) is 14.1. The van der Waals surface area contributed by atoms with Gasteiger partial charge in [-0.25, -0.2) is 0 Å². The summed E-state index contributed by atoms with van der Waals surface area (Å²) in [5.41, 5.74) is 9.52. The van der Waals surface area contributed by atoms with E-state index >= 15 is 0 Å². The molecule has 0 spiro atoms. The van der Waals surface area contributed by atoms with E-state index in [1.165, 1.54) is 112 Å². The Labute approximate surface area is 345 Å². The number of hydrogen-bond acceptors (Lipinski definition) is 0. The van der Waals surface area contributed by atoms with Gasteiger partial charge in [-0.1, -0.05) is 230 Å². The largest absolute Gasteiger partial charge is 0.0741 e. The number of unbranched alkanes of at least 4 members (excludes halogenated alkanes) is 4. The highest BCUT2D eigenvalue weighted by molar-refractivity contribution is 5.29. The first kappa shape index (κ1) is 61.4. The van der Waals surface area contributed by atoms with Crippen LogP contribution in [0.4, 0.5) is 0 Å². The molecule has 1 aliphatic rings. The van der Waals surface area contributed by atoms with E-state index in [0.29, 0.717) is 23.7 Å². The number of hydrogen-bond donors (Lipinski definition) is 0. The number of benzene rings is 2. The van der Waals surface area contributed by atoms with Crippen LogP contribution in [0.15, 0.2) is 59.7 Å². The number of allylic oxidation sites excluding steroid dienone is 2. The molecule has 5 atom stereocenters. The van der Waals surface area contributed by atoms with Crippen LogP contribution in [0.2, 0.25) is 0 Å². The minimum atomic E-state index is 0.637. The van der Waals surface area contributed by atoms with Gasteiger partial charge in [0.25, 0.3) is 0 Å². The molecule has 0 aromatic heterocycles. The number of rotatable bonds is 17. The molecule has 1 saturated carbocycles. The highest BCUT2D eigenvalue weighted by Crippen LogP contribution is 2.32. The van der Waals surface area contributed by atoms with E-state index in [4.69, 9.17) is 0 Å². The molecule has 2 aromatic rings. The fraction of sp³-hybridized carbons (Fsp3) is 0.741. The Balaban J connectivity index is -0.000000267. The van der Waals surface area contributed by atoms with Gasteiger partial charge in [-0.2, -0.15) is 0 Å². The van der Waals surface area contributed by atoms with Crippen LogP contribution in [0.25, 0.3) is 0 Å². The van der Waals surface area contributed by atoms with Gasteiger partial charge in [-0.05, 0) is 117 Å². The van der Waals surface area contributed by atoms with Crippen LogP contribution in [-0.2, 0) is 0 Å². The average molecular weight is 753 g/mol. The monoisotopic (exact) mass is 753 g/mol. The molecule has 0 N–H and O–H groups in total. The van der Waals surface area contributed by atoms with Gasteiger partial charge in [0, 0.05) is 0 Å². The molecule has 2 aromatic carbocycles. The van der Waals surface area contributed by atoms with Gasteiger partial charge < -0.3 is 0 Å². The summed E-state index contributed by atoms with van der Waals surface area (Å²) in [5, 5.41) is 0. The molecule has 1 fully saturated rings. The van der Waals surface area contributed by atoms with Gasteiger partial charge >= 0.3 is 0 Å². The Hall–Kier alpha value is -1.82. The summed E-state index contributed by atoms with van der Waals surface area (Å²) >= 11 is 0. The first-order valence-electron chi connectivity index (χ1n) is 24.1. The minimum Gasteiger partial charge on any atom is -0.0741 e. The molecule has 0 aliphatic heterocycles. The zero-order chi connectivity index (χ0) is 42.9. The predicted molar refractivity (Wildman–Crippen MR) is 258 cm³/mol. The van der Waals surface area contributed by atoms with Crippen molar-refractivity contribution in [3.63, 3.8) is 0 Å². The summed E-state index contributed by atoms with van der Waals surface area (Å²) < 4.78 is 0. The van der Waals surface area contributed by atoms with Crippen molar-refractivity contribution >= 4 is 0 Å². The van der Waals surface area contributed by atoms with Gasteiger partial charge in [0.2, 0.25) is 0 Å². The van der Waals surface area contributed by atoms with Crippen LogP contribution in [0.3, 0.4) is 0 Å². The van der Waals surface area contributed by atoms with Crippen molar-refractivity contribution in [2.24, 2.45) is 5.92 Å². The Morgan fingerprint density at radius 1 is 0.500 bits per heavy atom. The zero-order valence-electron chi connectivity index (χ0n) is 41.4.